The first-order chi connectivity index (χ1) is 6.85. The highest BCUT2D eigenvalue weighted by atomic mass is 16.5. The fourth-order valence-corrected chi connectivity index (χ4v) is 1.68. The maximum absolute atomic E-state index is 5.63. The maximum atomic E-state index is 5.63. The molecule has 0 aromatic heterocycles. The molecule has 14 heavy (non-hydrogen) atoms. The second-order valence-corrected chi connectivity index (χ2v) is 3.29. The molecule has 0 fully saturated rings. The van der Waals surface area contributed by atoms with Crippen LogP contribution in [-0.4, -0.2) is 20.3 Å². The number of benzene rings is 1. The van der Waals surface area contributed by atoms with Gasteiger partial charge in [-0.3, -0.25) is 0 Å². The van der Waals surface area contributed by atoms with E-state index in [2.05, 4.69) is 12.2 Å². The van der Waals surface area contributed by atoms with Crippen LogP contribution >= 0.6 is 0 Å². The van der Waals surface area contributed by atoms with E-state index in [-0.39, 0.29) is 0 Å². The van der Waals surface area contributed by atoms with Crippen LogP contribution in [0.3, 0.4) is 0 Å². The van der Waals surface area contributed by atoms with Gasteiger partial charge in [-0.2, -0.15) is 0 Å². The van der Waals surface area contributed by atoms with Gasteiger partial charge in [0.05, 0.1) is 12.8 Å². The van der Waals surface area contributed by atoms with Crippen LogP contribution < -0.4 is 14.8 Å². The second-order valence-electron chi connectivity index (χ2n) is 3.29. The number of hydrogen-bond acceptors (Lipinski definition) is 3. The summed E-state index contributed by atoms with van der Waals surface area (Å²) in [5.74, 6) is 1.87. The first kappa shape index (κ1) is 9.19. The van der Waals surface area contributed by atoms with Crippen molar-refractivity contribution < 1.29 is 9.47 Å². The van der Waals surface area contributed by atoms with Crippen molar-refractivity contribution in [2.45, 2.75) is 13.3 Å². The molecule has 1 heterocycles. The van der Waals surface area contributed by atoms with Crippen LogP contribution in [0, 0.1) is 0 Å². The van der Waals surface area contributed by atoms with Gasteiger partial charge in [-0.1, -0.05) is 6.92 Å². The topological polar surface area (TPSA) is 30.5 Å². The molecule has 0 spiro atoms. The van der Waals surface area contributed by atoms with Crippen LogP contribution in [0.25, 0.3) is 0 Å². The van der Waals surface area contributed by atoms with Crippen LogP contribution in [0.1, 0.15) is 12.5 Å². The minimum absolute atomic E-state index is 0.742. The molecule has 0 aliphatic carbocycles. The number of hydrogen-bond donors (Lipinski definition) is 1. The van der Waals surface area contributed by atoms with Crippen LogP contribution in [-0.2, 0) is 6.42 Å². The van der Waals surface area contributed by atoms with Crippen molar-refractivity contribution in [1.82, 2.24) is 0 Å². The van der Waals surface area contributed by atoms with Crippen LogP contribution in [0.15, 0.2) is 12.1 Å². The average Bonchev–Trinajstić information content (AvgIpc) is 2.27. The Bertz CT molecular complexity index is 319. The predicted octanol–water partition coefficient (Wildman–Crippen LogP) is 2.06. The van der Waals surface area contributed by atoms with Gasteiger partial charge in [0.2, 0.25) is 0 Å². The third-order valence-electron chi connectivity index (χ3n) is 2.42. The average molecular weight is 193 g/mol. The van der Waals surface area contributed by atoms with E-state index < -0.39 is 0 Å². The Labute approximate surface area is 84.0 Å². The Hall–Kier alpha value is -1.38. The van der Waals surface area contributed by atoms with Gasteiger partial charge in [-0.15, -0.1) is 0 Å². The molecule has 1 aliphatic rings. The summed E-state index contributed by atoms with van der Waals surface area (Å²) in [7, 11) is 1.69. The Morgan fingerprint density at radius 3 is 3.07 bits per heavy atom. The molecule has 2 rings (SSSR count). The Kier molecular flexibility index (Phi) is 2.48. The zero-order valence-electron chi connectivity index (χ0n) is 8.59. The molecule has 0 amide bonds. The molecule has 76 valence electrons. The summed E-state index contributed by atoms with van der Waals surface area (Å²) in [5, 5.41) is 3.31. The van der Waals surface area contributed by atoms with E-state index in [1.54, 1.807) is 7.11 Å². The summed E-state index contributed by atoms with van der Waals surface area (Å²) in [6.45, 7) is 3.72. The number of ether oxygens (including phenoxy) is 2. The minimum Gasteiger partial charge on any atom is -0.497 e. The van der Waals surface area contributed by atoms with E-state index in [9.17, 15) is 0 Å². The minimum atomic E-state index is 0.742. The van der Waals surface area contributed by atoms with Gasteiger partial charge in [0.15, 0.2) is 0 Å². The molecule has 3 heteroatoms. The van der Waals surface area contributed by atoms with Gasteiger partial charge in [-0.25, -0.2) is 0 Å². The monoisotopic (exact) mass is 193 g/mol. The quantitative estimate of drug-likeness (QED) is 0.779. The maximum Gasteiger partial charge on any atom is 0.145 e. The summed E-state index contributed by atoms with van der Waals surface area (Å²) in [5.41, 5.74) is 2.25. The molecular weight excluding hydrogens is 178 g/mol. The number of methoxy groups -OCH3 is 1. The smallest absolute Gasteiger partial charge is 0.145 e. The highest BCUT2D eigenvalue weighted by Gasteiger charge is 2.14. The molecule has 1 aliphatic heterocycles. The van der Waals surface area contributed by atoms with Crippen molar-refractivity contribution in [1.29, 1.82) is 0 Å². The molecule has 3 nitrogen and oxygen atoms in total. The first-order valence-corrected chi connectivity index (χ1v) is 4.92. The predicted molar refractivity (Wildman–Crippen MR) is 56.4 cm³/mol. The third-order valence-corrected chi connectivity index (χ3v) is 2.42. The molecule has 0 atom stereocenters. The van der Waals surface area contributed by atoms with Crippen LogP contribution in [0.4, 0.5) is 5.69 Å². The lowest BCUT2D eigenvalue weighted by Gasteiger charge is -2.22. The van der Waals surface area contributed by atoms with Gasteiger partial charge in [0, 0.05) is 12.6 Å². The SMILES string of the molecule is CCc1cc(OC)cc2c1OCCN2. The molecule has 1 aromatic rings. The van der Waals surface area contributed by atoms with Gasteiger partial charge in [0.1, 0.15) is 18.1 Å². The third kappa shape index (κ3) is 1.50. The summed E-state index contributed by atoms with van der Waals surface area (Å²) in [6.07, 6.45) is 0.960. The Morgan fingerprint density at radius 2 is 2.36 bits per heavy atom. The zero-order chi connectivity index (χ0) is 9.97. The lowest BCUT2D eigenvalue weighted by atomic mass is 10.1. The highest BCUT2D eigenvalue weighted by molar-refractivity contribution is 5.64. The fraction of sp³-hybridized carbons (Fsp3) is 0.455. The van der Waals surface area contributed by atoms with Crippen molar-refractivity contribution in [3.63, 3.8) is 0 Å². The van der Waals surface area contributed by atoms with E-state index >= 15 is 0 Å². The summed E-state index contributed by atoms with van der Waals surface area (Å²) in [4.78, 5) is 0. The van der Waals surface area contributed by atoms with Crippen molar-refractivity contribution in [2.75, 3.05) is 25.6 Å². The van der Waals surface area contributed by atoms with E-state index in [1.807, 2.05) is 12.1 Å². The Morgan fingerprint density at radius 1 is 1.50 bits per heavy atom. The molecular formula is C11H15NO2. The molecule has 0 unspecified atom stereocenters. The van der Waals surface area contributed by atoms with Crippen molar-refractivity contribution in [3.05, 3.63) is 17.7 Å². The lowest BCUT2D eigenvalue weighted by Crippen LogP contribution is -2.19. The van der Waals surface area contributed by atoms with E-state index in [0.29, 0.717) is 0 Å². The molecule has 1 N–H and O–H groups in total. The molecule has 0 bridgehead atoms. The largest absolute Gasteiger partial charge is 0.497 e. The highest BCUT2D eigenvalue weighted by Crippen LogP contribution is 2.35. The van der Waals surface area contributed by atoms with Gasteiger partial charge >= 0.3 is 0 Å². The number of anilines is 1. The summed E-state index contributed by atoms with van der Waals surface area (Å²) in [6, 6.07) is 4.01. The molecule has 0 saturated carbocycles. The molecule has 0 radical (unpaired) electrons. The number of fused-ring (bicyclic) bond motifs is 1. The van der Waals surface area contributed by atoms with Crippen molar-refractivity contribution in [3.8, 4) is 11.5 Å². The first-order valence-electron chi connectivity index (χ1n) is 4.92. The normalized spacial score (nSPS) is 13.9. The van der Waals surface area contributed by atoms with E-state index in [0.717, 1.165) is 36.8 Å². The van der Waals surface area contributed by atoms with Gasteiger partial charge < -0.3 is 14.8 Å². The van der Waals surface area contributed by atoms with E-state index in [1.165, 1.54) is 5.56 Å². The number of rotatable bonds is 2. The summed E-state index contributed by atoms with van der Waals surface area (Å²) >= 11 is 0. The van der Waals surface area contributed by atoms with Crippen LogP contribution in [0.5, 0.6) is 11.5 Å². The van der Waals surface area contributed by atoms with E-state index in [4.69, 9.17) is 9.47 Å². The van der Waals surface area contributed by atoms with Crippen molar-refractivity contribution >= 4 is 5.69 Å². The lowest BCUT2D eigenvalue weighted by molar-refractivity contribution is 0.318. The standard InChI is InChI=1S/C11H15NO2/c1-3-8-6-9(13-2)7-10-11(8)14-5-4-12-10/h6-7,12H,3-5H2,1-2H3. The molecule has 0 saturated heterocycles. The van der Waals surface area contributed by atoms with Crippen molar-refractivity contribution in [2.24, 2.45) is 0 Å². The second kappa shape index (κ2) is 3.78. The number of nitrogens with one attached hydrogen (secondary N) is 1. The summed E-state index contributed by atoms with van der Waals surface area (Å²) < 4.78 is 10.9. The van der Waals surface area contributed by atoms with Gasteiger partial charge in [0.25, 0.3) is 0 Å². The Balaban J connectivity index is 2.47. The molecule has 1 aromatic carbocycles. The van der Waals surface area contributed by atoms with Crippen LogP contribution in [0.2, 0.25) is 0 Å². The number of aryl methyl sites for hydroxylation is 1. The van der Waals surface area contributed by atoms with Gasteiger partial charge in [-0.05, 0) is 18.1 Å². The fourth-order valence-electron chi connectivity index (χ4n) is 1.68. The zero-order valence-corrected chi connectivity index (χ0v) is 8.59.